The highest BCUT2D eigenvalue weighted by Crippen LogP contribution is 2.67. The predicted octanol–water partition coefficient (Wildman–Crippen LogP) is 4.85. The fourth-order valence-corrected chi connectivity index (χ4v) is 10.2. The third-order valence-electron chi connectivity index (χ3n) is 12.5. The fourth-order valence-electron chi connectivity index (χ4n) is 10.2. The van der Waals surface area contributed by atoms with E-state index in [1.165, 1.54) is 32.1 Å². The number of hydrogen-bond donors (Lipinski definition) is 2. The van der Waals surface area contributed by atoms with Gasteiger partial charge in [-0.15, -0.1) is 0 Å². The SMILES string of the molecule is CC(CCC(=O)N1CCN(c2ccnc(OCCO)n2)CC1)[C@H]1CC[C@H]2[C@@H]3CC=C4C[C@@H](O)CC[C@]4(C)[C@H]3CC[C@]12C. The zero-order valence-corrected chi connectivity index (χ0v) is 26.0. The summed E-state index contributed by atoms with van der Waals surface area (Å²) in [7, 11) is 0. The van der Waals surface area contributed by atoms with E-state index in [2.05, 4.69) is 41.7 Å². The van der Waals surface area contributed by atoms with Crippen molar-refractivity contribution in [1.82, 2.24) is 14.9 Å². The van der Waals surface area contributed by atoms with Crippen LogP contribution in [0.25, 0.3) is 0 Å². The second-order valence-electron chi connectivity index (χ2n) is 14.5. The van der Waals surface area contributed by atoms with Gasteiger partial charge in [0.1, 0.15) is 12.4 Å². The topological polar surface area (TPSA) is 99.0 Å². The first kappa shape index (κ1) is 29.9. The van der Waals surface area contributed by atoms with Crippen molar-refractivity contribution in [3.8, 4) is 6.01 Å². The molecule has 5 aliphatic rings. The molecule has 0 aromatic carbocycles. The number of fused-ring (bicyclic) bond motifs is 5. The van der Waals surface area contributed by atoms with Gasteiger partial charge in [-0.1, -0.05) is 32.4 Å². The molecule has 4 fully saturated rings. The van der Waals surface area contributed by atoms with E-state index in [1.807, 2.05) is 11.0 Å². The number of piperazine rings is 1. The number of allylic oxidation sites excluding steroid dienone is 1. The Hall–Kier alpha value is -2.19. The van der Waals surface area contributed by atoms with Crippen molar-refractivity contribution in [3.05, 3.63) is 23.9 Å². The monoisotopic (exact) mass is 580 g/mol. The van der Waals surface area contributed by atoms with Crippen LogP contribution in [0.3, 0.4) is 0 Å². The average molecular weight is 581 g/mol. The van der Waals surface area contributed by atoms with Crippen LogP contribution in [-0.4, -0.2) is 76.5 Å². The Morgan fingerprint density at radius 3 is 2.71 bits per heavy atom. The van der Waals surface area contributed by atoms with Crippen LogP contribution < -0.4 is 9.64 Å². The molecular formula is C34H52N4O4. The third-order valence-corrected chi connectivity index (χ3v) is 12.5. The van der Waals surface area contributed by atoms with Gasteiger partial charge < -0.3 is 24.7 Å². The second kappa shape index (κ2) is 12.1. The van der Waals surface area contributed by atoms with Crippen LogP contribution in [0.15, 0.2) is 23.9 Å². The van der Waals surface area contributed by atoms with Gasteiger partial charge >= 0.3 is 6.01 Å². The lowest BCUT2D eigenvalue weighted by Crippen LogP contribution is -2.51. The van der Waals surface area contributed by atoms with Crippen LogP contribution in [-0.2, 0) is 4.79 Å². The van der Waals surface area contributed by atoms with Crippen molar-refractivity contribution in [1.29, 1.82) is 0 Å². The standard InChI is InChI=1S/C34H52N4O4/c1-23(4-9-31(41)38-18-16-37(17-19-38)30-12-15-35-32(36-30)42-21-20-39)27-7-8-28-26-6-5-24-22-25(40)10-13-33(24,2)29(26)11-14-34(27,28)3/h5,12,15,23,25-29,39-40H,4,6-11,13-14,16-22H2,1-3H3/t23?,25-,26-,27+,28-,29-,33-,34+/m0/s1. The normalized spacial score (nSPS) is 36.9. The van der Waals surface area contributed by atoms with Gasteiger partial charge in [0, 0.05) is 38.8 Å². The summed E-state index contributed by atoms with van der Waals surface area (Å²) < 4.78 is 5.36. The van der Waals surface area contributed by atoms with Crippen LogP contribution in [0.5, 0.6) is 6.01 Å². The molecule has 3 saturated carbocycles. The molecule has 0 radical (unpaired) electrons. The summed E-state index contributed by atoms with van der Waals surface area (Å²) in [4.78, 5) is 26.1. The molecule has 8 atom stereocenters. The number of aliphatic hydroxyl groups excluding tert-OH is 2. The first-order chi connectivity index (χ1) is 20.2. The van der Waals surface area contributed by atoms with Crippen molar-refractivity contribution in [3.63, 3.8) is 0 Å². The number of nitrogens with zero attached hydrogens (tertiary/aromatic N) is 4. The number of amides is 1. The molecular weight excluding hydrogens is 528 g/mol. The van der Waals surface area contributed by atoms with E-state index < -0.39 is 0 Å². The van der Waals surface area contributed by atoms with E-state index in [0.29, 0.717) is 42.2 Å². The smallest absolute Gasteiger partial charge is 0.318 e. The van der Waals surface area contributed by atoms with Gasteiger partial charge in [0.05, 0.1) is 12.7 Å². The predicted molar refractivity (Wildman–Crippen MR) is 163 cm³/mol. The molecule has 0 spiro atoms. The molecule has 1 unspecified atom stereocenters. The first-order valence-electron chi connectivity index (χ1n) is 16.7. The van der Waals surface area contributed by atoms with Gasteiger partial charge in [-0.2, -0.15) is 4.98 Å². The van der Waals surface area contributed by atoms with Crippen molar-refractivity contribution in [2.45, 2.75) is 91.1 Å². The minimum atomic E-state index is -0.137. The lowest BCUT2D eigenvalue weighted by Gasteiger charge is -2.58. The Bertz CT molecular complexity index is 1150. The van der Waals surface area contributed by atoms with Crippen molar-refractivity contribution in [2.75, 3.05) is 44.3 Å². The summed E-state index contributed by atoms with van der Waals surface area (Å²) in [5.41, 5.74) is 2.25. The first-order valence-corrected chi connectivity index (χ1v) is 16.7. The largest absolute Gasteiger partial charge is 0.461 e. The van der Waals surface area contributed by atoms with Crippen molar-refractivity contribution < 1.29 is 19.7 Å². The van der Waals surface area contributed by atoms with Gasteiger partial charge in [0.15, 0.2) is 0 Å². The maximum Gasteiger partial charge on any atom is 0.318 e. The van der Waals surface area contributed by atoms with E-state index in [1.54, 1.807) is 11.8 Å². The highest BCUT2D eigenvalue weighted by molar-refractivity contribution is 5.76. The summed E-state index contributed by atoms with van der Waals surface area (Å²) in [6.45, 7) is 10.6. The molecule has 8 heteroatoms. The summed E-state index contributed by atoms with van der Waals surface area (Å²) in [5.74, 6) is 4.73. The van der Waals surface area contributed by atoms with Crippen LogP contribution in [0.1, 0.15) is 85.0 Å². The molecule has 4 aliphatic carbocycles. The molecule has 0 bridgehead atoms. The molecule has 6 rings (SSSR count). The summed E-state index contributed by atoms with van der Waals surface area (Å²) in [6, 6.07) is 2.15. The molecule has 1 saturated heterocycles. The van der Waals surface area contributed by atoms with Crippen LogP contribution in [0.4, 0.5) is 5.82 Å². The Balaban J connectivity index is 1.01. The number of carbonyl (C=O) groups is 1. The summed E-state index contributed by atoms with van der Waals surface area (Å²) in [5, 5.41) is 19.3. The maximum absolute atomic E-state index is 13.3. The molecule has 1 aromatic heterocycles. The maximum atomic E-state index is 13.3. The number of ether oxygens (including phenoxy) is 1. The second-order valence-corrected chi connectivity index (χ2v) is 14.5. The van der Waals surface area contributed by atoms with E-state index in [0.717, 1.165) is 62.3 Å². The number of anilines is 1. The lowest BCUT2D eigenvalue weighted by molar-refractivity contribution is -0.132. The van der Waals surface area contributed by atoms with Gasteiger partial charge in [0.2, 0.25) is 5.91 Å². The van der Waals surface area contributed by atoms with Gasteiger partial charge in [0.25, 0.3) is 0 Å². The van der Waals surface area contributed by atoms with E-state index in [-0.39, 0.29) is 31.2 Å². The minimum Gasteiger partial charge on any atom is -0.461 e. The molecule has 1 aromatic rings. The molecule has 8 nitrogen and oxygen atoms in total. The number of hydrogen-bond acceptors (Lipinski definition) is 7. The zero-order valence-electron chi connectivity index (χ0n) is 26.0. The van der Waals surface area contributed by atoms with Gasteiger partial charge in [-0.3, -0.25) is 4.79 Å². The van der Waals surface area contributed by atoms with Crippen molar-refractivity contribution in [2.24, 2.45) is 40.4 Å². The number of rotatable bonds is 8. The molecule has 2 N–H and O–H groups in total. The van der Waals surface area contributed by atoms with Crippen LogP contribution >= 0.6 is 0 Å². The molecule has 2 heterocycles. The fraction of sp³-hybridized carbons (Fsp3) is 0.794. The van der Waals surface area contributed by atoms with E-state index >= 15 is 0 Å². The summed E-state index contributed by atoms with van der Waals surface area (Å²) >= 11 is 0. The van der Waals surface area contributed by atoms with Crippen LogP contribution in [0.2, 0.25) is 0 Å². The Morgan fingerprint density at radius 1 is 1.12 bits per heavy atom. The molecule has 42 heavy (non-hydrogen) atoms. The quantitative estimate of drug-likeness (QED) is 0.424. The Kier molecular flexibility index (Phi) is 8.58. The van der Waals surface area contributed by atoms with Crippen molar-refractivity contribution >= 4 is 11.7 Å². The molecule has 232 valence electrons. The van der Waals surface area contributed by atoms with Gasteiger partial charge in [-0.05, 0) is 104 Å². The Labute approximate surface area is 251 Å². The average Bonchev–Trinajstić information content (AvgIpc) is 3.36. The summed E-state index contributed by atoms with van der Waals surface area (Å²) in [6.07, 6.45) is 15.2. The molecule has 1 amide bonds. The molecule has 1 aliphatic heterocycles. The number of carbonyl (C=O) groups excluding carboxylic acids is 1. The highest BCUT2D eigenvalue weighted by Gasteiger charge is 2.59. The van der Waals surface area contributed by atoms with Gasteiger partial charge in [-0.25, -0.2) is 4.98 Å². The van der Waals surface area contributed by atoms with E-state index in [4.69, 9.17) is 9.84 Å². The van der Waals surface area contributed by atoms with E-state index in [9.17, 15) is 9.90 Å². The third kappa shape index (κ3) is 5.47. The van der Waals surface area contributed by atoms with Crippen LogP contribution in [0, 0.1) is 40.4 Å². The number of aliphatic hydroxyl groups is 2. The lowest BCUT2D eigenvalue weighted by atomic mass is 9.47. The minimum absolute atomic E-state index is 0.0706. The highest BCUT2D eigenvalue weighted by atomic mass is 16.5. The zero-order chi connectivity index (χ0) is 29.5. The number of aromatic nitrogens is 2. The Morgan fingerprint density at radius 2 is 1.93 bits per heavy atom.